The van der Waals surface area contributed by atoms with Crippen molar-refractivity contribution in [2.45, 2.75) is 18.7 Å². The SMILES string of the molecule is OC(Cc1sccc1Br)c1cccc(C(F)(F)F)c1F. The number of halogens is 5. The first-order chi connectivity index (χ1) is 9.30. The van der Waals surface area contributed by atoms with Gasteiger partial charge in [-0.05, 0) is 33.4 Å². The molecular weight excluding hydrogens is 360 g/mol. The summed E-state index contributed by atoms with van der Waals surface area (Å²) in [5.74, 6) is -1.42. The molecule has 1 nitrogen and oxygen atoms in total. The van der Waals surface area contributed by atoms with Gasteiger partial charge in [-0.2, -0.15) is 13.2 Å². The number of aliphatic hydroxyl groups excluding tert-OH is 1. The lowest BCUT2D eigenvalue weighted by Gasteiger charge is -2.15. The van der Waals surface area contributed by atoms with E-state index < -0.39 is 23.7 Å². The van der Waals surface area contributed by atoms with Crippen molar-refractivity contribution in [3.8, 4) is 0 Å². The number of rotatable bonds is 3. The van der Waals surface area contributed by atoms with Gasteiger partial charge < -0.3 is 5.11 Å². The van der Waals surface area contributed by atoms with Gasteiger partial charge in [-0.1, -0.05) is 12.1 Å². The Morgan fingerprint density at radius 3 is 2.50 bits per heavy atom. The molecule has 0 bridgehead atoms. The summed E-state index contributed by atoms with van der Waals surface area (Å²) in [7, 11) is 0. The highest BCUT2D eigenvalue weighted by Gasteiger charge is 2.35. The molecule has 0 saturated heterocycles. The number of alkyl halides is 3. The number of hydrogen-bond donors (Lipinski definition) is 1. The zero-order valence-corrected chi connectivity index (χ0v) is 12.3. The van der Waals surface area contributed by atoms with Crippen molar-refractivity contribution in [1.29, 1.82) is 0 Å². The first-order valence-corrected chi connectivity index (χ1v) is 7.23. The van der Waals surface area contributed by atoms with Crippen molar-refractivity contribution in [3.63, 3.8) is 0 Å². The van der Waals surface area contributed by atoms with E-state index in [4.69, 9.17) is 0 Å². The molecule has 0 aliphatic rings. The molecule has 1 unspecified atom stereocenters. The van der Waals surface area contributed by atoms with E-state index in [1.807, 2.05) is 0 Å². The average Bonchev–Trinajstić information content (AvgIpc) is 2.73. The van der Waals surface area contributed by atoms with Gasteiger partial charge in [-0.25, -0.2) is 4.39 Å². The van der Waals surface area contributed by atoms with E-state index in [1.54, 1.807) is 11.4 Å². The summed E-state index contributed by atoms with van der Waals surface area (Å²) in [6, 6.07) is 4.67. The summed E-state index contributed by atoms with van der Waals surface area (Å²) in [6.07, 6.45) is -6.05. The van der Waals surface area contributed by atoms with E-state index in [9.17, 15) is 22.7 Å². The van der Waals surface area contributed by atoms with Crippen LogP contribution in [0, 0.1) is 5.82 Å². The fourth-order valence-electron chi connectivity index (χ4n) is 1.78. The van der Waals surface area contributed by atoms with Gasteiger partial charge in [0.25, 0.3) is 0 Å². The Kier molecular flexibility index (Phi) is 4.51. The van der Waals surface area contributed by atoms with Gasteiger partial charge in [-0.15, -0.1) is 11.3 Å². The lowest BCUT2D eigenvalue weighted by Crippen LogP contribution is -2.12. The third-order valence-corrected chi connectivity index (χ3v) is 4.71. The zero-order valence-electron chi connectivity index (χ0n) is 9.92. The molecule has 1 aromatic heterocycles. The minimum atomic E-state index is -4.77. The number of thiophene rings is 1. The van der Waals surface area contributed by atoms with E-state index in [1.165, 1.54) is 11.3 Å². The second kappa shape index (κ2) is 5.83. The van der Waals surface area contributed by atoms with Gasteiger partial charge in [0.2, 0.25) is 0 Å². The molecule has 1 heterocycles. The number of aliphatic hydroxyl groups is 1. The van der Waals surface area contributed by atoms with Gasteiger partial charge in [0, 0.05) is 21.3 Å². The molecular formula is C13H9BrF4OS. The van der Waals surface area contributed by atoms with Crippen molar-refractivity contribution in [2.75, 3.05) is 0 Å². The predicted molar refractivity (Wildman–Crippen MR) is 72.1 cm³/mol. The summed E-state index contributed by atoms with van der Waals surface area (Å²) in [4.78, 5) is 0.745. The third-order valence-electron chi connectivity index (χ3n) is 2.76. The summed E-state index contributed by atoms with van der Waals surface area (Å²) in [6.45, 7) is 0. The molecule has 0 fully saturated rings. The Labute approximate surface area is 125 Å². The van der Waals surface area contributed by atoms with Crippen molar-refractivity contribution < 1.29 is 22.7 Å². The van der Waals surface area contributed by atoms with Crippen molar-refractivity contribution in [1.82, 2.24) is 0 Å². The number of benzene rings is 1. The summed E-state index contributed by atoms with van der Waals surface area (Å²) in [5, 5.41) is 11.7. The summed E-state index contributed by atoms with van der Waals surface area (Å²) in [5.41, 5.74) is -1.71. The Morgan fingerprint density at radius 1 is 1.25 bits per heavy atom. The fourth-order valence-corrected chi connectivity index (χ4v) is 3.33. The van der Waals surface area contributed by atoms with Crippen LogP contribution in [0.5, 0.6) is 0 Å². The smallest absolute Gasteiger partial charge is 0.388 e. The van der Waals surface area contributed by atoms with E-state index in [-0.39, 0.29) is 12.0 Å². The second-order valence-corrected chi connectivity index (χ2v) is 5.97. The lowest BCUT2D eigenvalue weighted by molar-refractivity contribution is -0.140. The van der Waals surface area contributed by atoms with Crippen molar-refractivity contribution in [2.24, 2.45) is 0 Å². The molecule has 1 atom stereocenters. The van der Waals surface area contributed by atoms with E-state index in [0.29, 0.717) is 6.07 Å². The highest BCUT2D eigenvalue weighted by Crippen LogP contribution is 2.35. The van der Waals surface area contributed by atoms with Crippen LogP contribution in [0.4, 0.5) is 17.6 Å². The van der Waals surface area contributed by atoms with Crippen molar-refractivity contribution in [3.05, 3.63) is 55.9 Å². The highest BCUT2D eigenvalue weighted by atomic mass is 79.9. The third kappa shape index (κ3) is 3.21. The van der Waals surface area contributed by atoms with Crippen LogP contribution in [-0.2, 0) is 12.6 Å². The van der Waals surface area contributed by atoms with Gasteiger partial charge in [0.05, 0.1) is 11.7 Å². The van der Waals surface area contributed by atoms with Gasteiger partial charge >= 0.3 is 6.18 Å². The molecule has 2 aromatic rings. The highest BCUT2D eigenvalue weighted by molar-refractivity contribution is 9.10. The van der Waals surface area contributed by atoms with E-state index >= 15 is 0 Å². The quantitative estimate of drug-likeness (QED) is 0.760. The van der Waals surface area contributed by atoms with Crippen LogP contribution in [-0.4, -0.2) is 5.11 Å². The summed E-state index contributed by atoms with van der Waals surface area (Å²) < 4.78 is 52.4. The standard InChI is InChI=1S/C13H9BrF4OS/c14-9-4-5-20-11(9)6-10(19)7-2-1-3-8(12(7)15)13(16,17)18/h1-5,10,19H,6H2. The zero-order chi connectivity index (χ0) is 14.9. The molecule has 1 N–H and O–H groups in total. The Bertz CT molecular complexity index is 609. The molecule has 0 saturated carbocycles. The topological polar surface area (TPSA) is 20.2 Å². The van der Waals surface area contributed by atoms with Gasteiger partial charge in [-0.3, -0.25) is 0 Å². The molecule has 108 valence electrons. The Morgan fingerprint density at radius 2 is 1.95 bits per heavy atom. The maximum atomic E-state index is 13.9. The van der Waals surface area contributed by atoms with Gasteiger partial charge in [0.1, 0.15) is 5.82 Å². The molecule has 0 radical (unpaired) electrons. The predicted octanol–water partition coefficient (Wildman–Crippen LogP) is 4.94. The van der Waals surface area contributed by atoms with Crippen LogP contribution in [0.25, 0.3) is 0 Å². The maximum Gasteiger partial charge on any atom is 0.419 e. The molecule has 0 aliphatic heterocycles. The maximum absolute atomic E-state index is 13.9. The molecule has 0 aliphatic carbocycles. The molecule has 2 rings (SSSR count). The molecule has 1 aromatic carbocycles. The van der Waals surface area contributed by atoms with Gasteiger partial charge in [0.15, 0.2) is 0 Å². The minimum absolute atomic E-state index is 0.0521. The normalized spacial score (nSPS) is 13.5. The van der Waals surface area contributed by atoms with E-state index in [0.717, 1.165) is 21.5 Å². The van der Waals surface area contributed by atoms with Crippen LogP contribution in [0.2, 0.25) is 0 Å². The Hall–Kier alpha value is -0.920. The van der Waals surface area contributed by atoms with Crippen LogP contribution < -0.4 is 0 Å². The van der Waals surface area contributed by atoms with Crippen LogP contribution in [0.15, 0.2) is 34.1 Å². The average molecular weight is 369 g/mol. The summed E-state index contributed by atoms with van der Waals surface area (Å²) >= 11 is 4.59. The molecule has 20 heavy (non-hydrogen) atoms. The van der Waals surface area contributed by atoms with Crippen LogP contribution in [0.3, 0.4) is 0 Å². The second-order valence-electron chi connectivity index (χ2n) is 4.12. The number of hydrogen-bond acceptors (Lipinski definition) is 2. The first-order valence-electron chi connectivity index (χ1n) is 5.56. The Balaban J connectivity index is 2.31. The van der Waals surface area contributed by atoms with E-state index in [2.05, 4.69) is 15.9 Å². The molecule has 0 amide bonds. The van der Waals surface area contributed by atoms with Crippen LogP contribution in [0.1, 0.15) is 22.1 Å². The van der Waals surface area contributed by atoms with Crippen molar-refractivity contribution >= 4 is 27.3 Å². The molecule has 0 spiro atoms. The fraction of sp³-hybridized carbons (Fsp3) is 0.231. The van der Waals surface area contributed by atoms with Crippen LogP contribution >= 0.6 is 27.3 Å². The monoisotopic (exact) mass is 368 g/mol. The minimum Gasteiger partial charge on any atom is -0.388 e. The molecule has 7 heteroatoms. The lowest BCUT2D eigenvalue weighted by atomic mass is 10.0. The largest absolute Gasteiger partial charge is 0.419 e. The first kappa shape index (κ1) is 15.5.